The topological polar surface area (TPSA) is 84.9 Å². The summed E-state index contributed by atoms with van der Waals surface area (Å²) in [6.07, 6.45) is 0. The predicted octanol–water partition coefficient (Wildman–Crippen LogP) is 1.45. The van der Waals surface area contributed by atoms with Crippen molar-refractivity contribution in [1.82, 2.24) is 0 Å². The van der Waals surface area contributed by atoms with E-state index in [0.29, 0.717) is 17.1 Å². The van der Waals surface area contributed by atoms with Crippen LogP contribution in [0.1, 0.15) is 6.92 Å². The summed E-state index contributed by atoms with van der Waals surface area (Å²) in [5, 5.41) is 8.66. The number of carbonyl (C=O) groups is 1. The number of ether oxygens (including phenoxy) is 1. The minimum absolute atomic E-state index is 0.0186. The molecule has 1 aromatic rings. The number of methoxy groups -OCH3 is 1. The van der Waals surface area contributed by atoms with E-state index < -0.39 is 5.97 Å². The molecule has 0 aromatic heterocycles. The number of hydrogen-bond acceptors (Lipinski definition) is 4. The second-order valence-corrected chi connectivity index (χ2v) is 2.93. The molecule has 0 bridgehead atoms. The molecule has 0 saturated heterocycles. The Balaban J connectivity index is 3.13. The van der Waals surface area contributed by atoms with Crippen LogP contribution in [0.3, 0.4) is 0 Å². The van der Waals surface area contributed by atoms with E-state index in [1.54, 1.807) is 18.2 Å². The zero-order chi connectivity index (χ0) is 11.4. The fourth-order valence-corrected chi connectivity index (χ4v) is 0.976. The molecule has 5 nitrogen and oxygen atoms in total. The minimum Gasteiger partial charge on any atom is -0.497 e. The van der Waals surface area contributed by atoms with E-state index in [4.69, 9.17) is 15.6 Å². The maximum Gasteiger partial charge on any atom is 0.349 e. The van der Waals surface area contributed by atoms with Crippen LogP contribution < -0.4 is 10.5 Å². The predicted molar refractivity (Wildman–Crippen MR) is 57.8 cm³/mol. The Morgan fingerprint density at radius 2 is 2.20 bits per heavy atom. The van der Waals surface area contributed by atoms with Crippen LogP contribution in [-0.4, -0.2) is 23.9 Å². The van der Waals surface area contributed by atoms with Gasteiger partial charge >= 0.3 is 5.97 Å². The molecule has 0 heterocycles. The summed E-state index contributed by atoms with van der Waals surface area (Å²) in [6, 6.07) is 4.89. The van der Waals surface area contributed by atoms with E-state index >= 15 is 0 Å². The van der Waals surface area contributed by atoms with Crippen LogP contribution in [0.4, 0.5) is 11.4 Å². The molecule has 5 heteroatoms. The molecule has 3 N–H and O–H groups in total. The van der Waals surface area contributed by atoms with Gasteiger partial charge in [0.15, 0.2) is 0 Å². The van der Waals surface area contributed by atoms with E-state index in [1.165, 1.54) is 14.0 Å². The Morgan fingerprint density at radius 1 is 1.53 bits per heavy atom. The zero-order valence-electron chi connectivity index (χ0n) is 8.52. The number of rotatable bonds is 3. The quantitative estimate of drug-likeness (QED) is 0.581. The number of carboxylic acids is 1. The first-order chi connectivity index (χ1) is 7.04. The van der Waals surface area contributed by atoms with Gasteiger partial charge in [-0.25, -0.2) is 9.79 Å². The number of nitrogens with zero attached hydrogens (tertiary/aromatic N) is 1. The van der Waals surface area contributed by atoms with Crippen molar-refractivity contribution in [2.75, 3.05) is 12.8 Å². The van der Waals surface area contributed by atoms with Crippen LogP contribution in [0.15, 0.2) is 23.2 Å². The Labute approximate surface area is 87.2 Å². The van der Waals surface area contributed by atoms with Gasteiger partial charge in [-0.05, 0) is 19.1 Å². The van der Waals surface area contributed by atoms with Crippen molar-refractivity contribution in [3.8, 4) is 5.75 Å². The van der Waals surface area contributed by atoms with Crippen LogP contribution in [0, 0.1) is 0 Å². The summed E-state index contributed by atoms with van der Waals surface area (Å²) in [5.74, 6) is -0.488. The Hall–Kier alpha value is -2.04. The second-order valence-electron chi connectivity index (χ2n) is 2.93. The molecule has 0 amide bonds. The minimum atomic E-state index is -1.07. The Morgan fingerprint density at radius 3 is 2.73 bits per heavy atom. The number of benzene rings is 1. The van der Waals surface area contributed by atoms with Crippen molar-refractivity contribution in [2.45, 2.75) is 6.92 Å². The van der Waals surface area contributed by atoms with Crippen molar-refractivity contribution in [3.63, 3.8) is 0 Å². The summed E-state index contributed by atoms with van der Waals surface area (Å²) >= 11 is 0. The molecular weight excluding hydrogens is 196 g/mol. The highest BCUT2D eigenvalue weighted by molar-refractivity contribution is 6.35. The molecule has 0 unspecified atom stereocenters. The third kappa shape index (κ3) is 2.70. The molecule has 15 heavy (non-hydrogen) atoms. The van der Waals surface area contributed by atoms with Gasteiger partial charge in [-0.3, -0.25) is 0 Å². The second kappa shape index (κ2) is 4.45. The molecule has 0 saturated carbocycles. The summed E-state index contributed by atoms with van der Waals surface area (Å²) in [4.78, 5) is 14.4. The molecule has 1 rings (SSSR count). The number of carboxylic acid groups (broad SMARTS) is 1. The van der Waals surface area contributed by atoms with E-state index in [9.17, 15) is 4.79 Å². The third-order valence-corrected chi connectivity index (χ3v) is 1.84. The van der Waals surface area contributed by atoms with Crippen molar-refractivity contribution in [2.24, 2.45) is 4.99 Å². The zero-order valence-corrected chi connectivity index (χ0v) is 8.52. The maximum absolute atomic E-state index is 10.6. The number of anilines is 1. The number of nitrogens with two attached hydrogens (primary N) is 1. The first-order valence-electron chi connectivity index (χ1n) is 4.26. The molecule has 80 valence electrons. The largest absolute Gasteiger partial charge is 0.497 e. The molecule has 0 fully saturated rings. The van der Waals surface area contributed by atoms with Crippen molar-refractivity contribution >= 4 is 23.1 Å². The van der Waals surface area contributed by atoms with Crippen LogP contribution in [0.5, 0.6) is 5.75 Å². The lowest BCUT2D eigenvalue weighted by Crippen LogP contribution is -2.07. The van der Waals surface area contributed by atoms with Gasteiger partial charge in [0.05, 0.1) is 18.5 Å². The molecule has 0 atom stereocenters. The van der Waals surface area contributed by atoms with E-state index in [0.717, 1.165) is 0 Å². The van der Waals surface area contributed by atoms with Crippen molar-refractivity contribution < 1.29 is 14.6 Å². The SMILES string of the molecule is COc1ccc(N)c(N=C(C)C(=O)O)c1. The Kier molecular flexibility index (Phi) is 3.28. The summed E-state index contributed by atoms with van der Waals surface area (Å²) in [6.45, 7) is 1.40. The lowest BCUT2D eigenvalue weighted by atomic mass is 10.2. The summed E-state index contributed by atoms with van der Waals surface area (Å²) in [7, 11) is 1.52. The normalized spacial score (nSPS) is 11.2. The Bertz CT molecular complexity index is 413. The van der Waals surface area contributed by atoms with Gasteiger partial charge in [0.25, 0.3) is 0 Å². The van der Waals surface area contributed by atoms with Crippen LogP contribution in [0.25, 0.3) is 0 Å². The van der Waals surface area contributed by atoms with E-state index in [2.05, 4.69) is 4.99 Å². The average molecular weight is 208 g/mol. The molecular formula is C10H12N2O3. The van der Waals surface area contributed by atoms with Gasteiger partial charge in [-0.2, -0.15) is 0 Å². The number of nitrogen functional groups attached to an aromatic ring is 1. The van der Waals surface area contributed by atoms with Gasteiger partial charge in [-0.15, -0.1) is 0 Å². The van der Waals surface area contributed by atoms with Crippen LogP contribution >= 0.6 is 0 Å². The summed E-state index contributed by atoms with van der Waals surface area (Å²) in [5.41, 5.74) is 6.43. The fraction of sp³-hybridized carbons (Fsp3) is 0.200. The molecule has 0 aliphatic heterocycles. The highest BCUT2D eigenvalue weighted by atomic mass is 16.5. The van der Waals surface area contributed by atoms with Crippen LogP contribution in [0.2, 0.25) is 0 Å². The molecule has 1 aromatic carbocycles. The average Bonchev–Trinajstić information content (AvgIpc) is 2.21. The number of aliphatic imine (C=N–C) groups is 1. The van der Waals surface area contributed by atoms with Gasteiger partial charge in [-0.1, -0.05) is 0 Å². The smallest absolute Gasteiger partial charge is 0.349 e. The first kappa shape index (κ1) is 11.0. The lowest BCUT2D eigenvalue weighted by molar-refractivity contribution is -0.129. The lowest BCUT2D eigenvalue weighted by Gasteiger charge is -2.04. The highest BCUT2D eigenvalue weighted by Gasteiger charge is 2.05. The van der Waals surface area contributed by atoms with Gasteiger partial charge in [0.1, 0.15) is 11.5 Å². The van der Waals surface area contributed by atoms with Crippen molar-refractivity contribution in [1.29, 1.82) is 0 Å². The van der Waals surface area contributed by atoms with E-state index in [-0.39, 0.29) is 5.71 Å². The third-order valence-electron chi connectivity index (χ3n) is 1.84. The summed E-state index contributed by atoms with van der Waals surface area (Å²) < 4.78 is 4.98. The standard InChI is InChI=1S/C10H12N2O3/c1-6(10(13)14)12-9-5-7(15-2)3-4-8(9)11/h3-5H,11H2,1-2H3,(H,13,14). The molecule has 0 spiro atoms. The molecule has 0 aliphatic rings. The van der Waals surface area contributed by atoms with Gasteiger partial charge in [0.2, 0.25) is 0 Å². The number of hydrogen-bond donors (Lipinski definition) is 2. The molecule has 0 aliphatic carbocycles. The number of aliphatic carboxylic acids is 1. The maximum atomic E-state index is 10.6. The molecule has 0 radical (unpaired) electrons. The van der Waals surface area contributed by atoms with E-state index in [1.807, 2.05) is 0 Å². The van der Waals surface area contributed by atoms with Crippen LogP contribution in [-0.2, 0) is 4.79 Å². The van der Waals surface area contributed by atoms with Gasteiger partial charge in [0, 0.05) is 6.07 Å². The monoisotopic (exact) mass is 208 g/mol. The fourth-order valence-electron chi connectivity index (χ4n) is 0.976. The van der Waals surface area contributed by atoms with Crippen molar-refractivity contribution in [3.05, 3.63) is 18.2 Å². The highest BCUT2D eigenvalue weighted by Crippen LogP contribution is 2.27. The first-order valence-corrected chi connectivity index (χ1v) is 4.26. The van der Waals surface area contributed by atoms with Gasteiger partial charge < -0.3 is 15.6 Å².